The van der Waals surface area contributed by atoms with Crippen molar-refractivity contribution in [3.05, 3.63) is 67.0 Å². The fourth-order valence-electron chi connectivity index (χ4n) is 2.45. The van der Waals surface area contributed by atoms with Crippen LogP contribution in [0, 0.1) is 0 Å². The SMILES string of the molecule is COc1c(-c2ccccc2)nc2ccc(Oc3cccnc3)nn12. The molecule has 0 bridgehead atoms. The number of fused-ring (bicyclic) bond motifs is 1. The van der Waals surface area contributed by atoms with E-state index in [4.69, 9.17) is 9.47 Å². The van der Waals surface area contributed by atoms with Gasteiger partial charge in [0.1, 0.15) is 11.4 Å². The second kappa shape index (κ2) is 6.00. The van der Waals surface area contributed by atoms with E-state index in [0.717, 1.165) is 11.3 Å². The summed E-state index contributed by atoms with van der Waals surface area (Å²) in [6.45, 7) is 0. The van der Waals surface area contributed by atoms with Gasteiger partial charge < -0.3 is 9.47 Å². The summed E-state index contributed by atoms with van der Waals surface area (Å²) in [6.07, 6.45) is 3.32. The molecule has 3 aromatic heterocycles. The molecule has 0 fully saturated rings. The molecule has 0 spiro atoms. The van der Waals surface area contributed by atoms with Gasteiger partial charge >= 0.3 is 0 Å². The summed E-state index contributed by atoms with van der Waals surface area (Å²) in [5.74, 6) is 1.62. The van der Waals surface area contributed by atoms with Gasteiger partial charge in [-0.05, 0) is 18.2 Å². The molecule has 0 saturated heterocycles. The Bertz CT molecular complexity index is 968. The van der Waals surface area contributed by atoms with Crippen molar-refractivity contribution < 1.29 is 9.47 Å². The predicted octanol–water partition coefficient (Wildman–Crippen LogP) is 3.59. The Kier molecular flexibility index (Phi) is 3.55. The molecule has 118 valence electrons. The van der Waals surface area contributed by atoms with Crippen LogP contribution >= 0.6 is 0 Å². The van der Waals surface area contributed by atoms with Crippen molar-refractivity contribution in [1.29, 1.82) is 0 Å². The number of imidazole rings is 1. The summed E-state index contributed by atoms with van der Waals surface area (Å²) in [5, 5.41) is 4.47. The quantitative estimate of drug-likeness (QED) is 0.575. The molecule has 0 aliphatic carbocycles. The van der Waals surface area contributed by atoms with E-state index >= 15 is 0 Å². The fourth-order valence-corrected chi connectivity index (χ4v) is 2.45. The largest absolute Gasteiger partial charge is 0.479 e. The Morgan fingerprint density at radius 2 is 1.83 bits per heavy atom. The third kappa shape index (κ3) is 2.54. The summed E-state index contributed by atoms with van der Waals surface area (Å²) in [7, 11) is 1.60. The van der Waals surface area contributed by atoms with E-state index < -0.39 is 0 Å². The lowest BCUT2D eigenvalue weighted by molar-refractivity contribution is 0.382. The smallest absolute Gasteiger partial charge is 0.243 e. The molecule has 0 amide bonds. The third-order valence-corrected chi connectivity index (χ3v) is 3.51. The van der Waals surface area contributed by atoms with Gasteiger partial charge in [-0.3, -0.25) is 4.98 Å². The molecular weight excluding hydrogens is 304 g/mol. The molecule has 4 rings (SSSR count). The van der Waals surface area contributed by atoms with Gasteiger partial charge in [-0.25, -0.2) is 4.98 Å². The van der Waals surface area contributed by atoms with Gasteiger partial charge in [0, 0.05) is 17.8 Å². The maximum absolute atomic E-state index is 5.72. The van der Waals surface area contributed by atoms with Crippen LogP contribution in [0.3, 0.4) is 0 Å². The zero-order chi connectivity index (χ0) is 16.4. The van der Waals surface area contributed by atoms with Crippen LogP contribution in [0.5, 0.6) is 17.5 Å². The third-order valence-electron chi connectivity index (χ3n) is 3.51. The lowest BCUT2D eigenvalue weighted by atomic mass is 10.2. The number of nitrogens with zero attached hydrogens (tertiary/aromatic N) is 4. The van der Waals surface area contributed by atoms with Crippen LogP contribution in [-0.4, -0.2) is 26.7 Å². The minimum Gasteiger partial charge on any atom is -0.479 e. The fraction of sp³-hybridized carbons (Fsp3) is 0.0556. The van der Waals surface area contributed by atoms with Gasteiger partial charge in [0.2, 0.25) is 11.8 Å². The average Bonchev–Trinajstić information content (AvgIpc) is 3.01. The maximum Gasteiger partial charge on any atom is 0.243 e. The lowest BCUT2D eigenvalue weighted by Gasteiger charge is -2.05. The number of hydrogen-bond acceptors (Lipinski definition) is 5. The van der Waals surface area contributed by atoms with E-state index in [1.807, 2.05) is 42.5 Å². The Balaban J connectivity index is 1.79. The first-order chi connectivity index (χ1) is 11.8. The topological polar surface area (TPSA) is 61.5 Å². The molecule has 0 radical (unpaired) electrons. The van der Waals surface area contributed by atoms with Crippen LogP contribution < -0.4 is 9.47 Å². The molecule has 24 heavy (non-hydrogen) atoms. The van der Waals surface area contributed by atoms with Crippen molar-refractivity contribution in [3.63, 3.8) is 0 Å². The summed E-state index contributed by atoms with van der Waals surface area (Å²) < 4.78 is 12.9. The molecule has 4 aromatic rings. The molecule has 0 N–H and O–H groups in total. The predicted molar refractivity (Wildman–Crippen MR) is 89.3 cm³/mol. The Hall–Kier alpha value is -3.41. The van der Waals surface area contributed by atoms with Crippen molar-refractivity contribution in [2.24, 2.45) is 0 Å². The molecule has 6 nitrogen and oxygen atoms in total. The Morgan fingerprint density at radius 1 is 0.958 bits per heavy atom. The van der Waals surface area contributed by atoms with Crippen molar-refractivity contribution in [1.82, 2.24) is 19.6 Å². The second-order valence-corrected chi connectivity index (χ2v) is 5.07. The van der Waals surface area contributed by atoms with Crippen molar-refractivity contribution in [3.8, 4) is 28.8 Å². The number of hydrogen-bond donors (Lipinski definition) is 0. The highest BCUT2D eigenvalue weighted by Crippen LogP contribution is 2.30. The van der Waals surface area contributed by atoms with E-state index in [0.29, 0.717) is 23.2 Å². The lowest BCUT2D eigenvalue weighted by Crippen LogP contribution is -1.98. The van der Waals surface area contributed by atoms with E-state index in [-0.39, 0.29) is 0 Å². The average molecular weight is 318 g/mol. The van der Waals surface area contributed by atoms with Gasteiger partial charge in [0.25, 0.3) is 0 Å². The van der Waals surface area contributed by atoms with Gasteiger partial charge in [-0.2, -0.15) is 4.52 Å². The van der Waals surface area contributed by atoms with Gasteiger partial charge in [0.15, 0.2) is 5.65 Å². The van der Waals surface area contributed by atoms with Crippen LogP contribution in [0.4, 0.5) is 0 Å². The van der Waals surface area contributed by atoms with Crippen molar-refractivity contribution >= 4 is 5.65 Å². The van der Waals surface area contributed by atoms with E-state index in [2.05, 4.69) is 15.1 Å². The summed E-state index contributed by atoms with van der Waals surface area (Å²) in [5.41, 5.74) is 2.39. The number of rotatable bonds is 4. The zero-order valence-electron chi connectivity index (χ0n) is 13.0. The number of benzene rings is 1. The number of methoxy groups -OCH3 is 1. The number of aromatic nitrogens is 4. The molecule has 0 atom stereocenters. The van der Waals surface area contributed by atoms with Crippen molar-refractivity contribution in [2.45, 2.75) is 0 Å². The molecule has 0 aliphatic rings. The Labute approximate surface area is 138 Å². The van der Waals surface area contributed by atoms with Crippen LogP contribution in [0.2, 0.25) is 0 Å². The first kappa shape index (κ1) is 14.2. The van der Waals surface area contributed by atoms with E-state index in [1.54, 1.807) is 36.2 Å². The second-order valence-electron chi connectivity index (χ2n) is 5.07. The summed E-state index contributed by atoms with van der Waals surface area (Å²) in [4.78, 5) is 8.63. The standard InChI is InChI=1S/C18H14N4O2/c1-23-18-17(13-6-3-2-4-7-13)20-15-9-10-16(21-22(15)18)24-14-8-5-11-19-12-14/h2-12H,1H3. The molecule has 0 saturated carbocycles. The first-order valence-corrected chi connectivity index (χ1v) is 7.42. The highest BCUT2D eigenvalue weighted by Gasteiger charge is 2.16. The molecule has 0 unspecified atom stereocenters. The van der Waals surface area contributed by atoms with E-state index in [9.17, 15) is 0 Å². The maximum atomic E-state index is 5.72. The Morgan fingerprint density at radius 3 is 2.58 bits per heavy atom. The highest BCUT2D eigenvalue weighted by atomic mass is 16.5. The minimum absolute atomic E-state index is 0.436. The van der Waals surface area contributed by atoms with Gasteiger partial charge in [0.05, 0.1) is 13.3 Å². The number of ether oxygens (including phenoxy) is 2. The molecule has 1 aromatic carbocycles. The zero-order valence-corrected chi connectivity index (χ0v) is 13.0. The van der Waals surface area contributed by atoms with E-state index in [1.165, 1.54) is 0 Å². The van der Waals surface area contributed by atoms with Gasteiger partial charge in [-0.1, -0.05) is 30.3 Å². The minimum atomic E-state index is 0.436. The van der Waals surface area contributed by atoms with Crippen LogP contribution in [0.25, 0.3) is 16.9 Å². The van der Waals surface area contributed by atoms with Crippen LogP contribution in [0.1, 0.15) is 0 Å². The number of pyridine rings is 1. The first-order valence-electron chi connectivity index (χ1n) is 7.42. The molecule has 6 heteroatoms. The summed E-state index contributed by atoms with van der Waals surface area (Å²) in [6, 6.07) is 17.1. The summed E-state index contributed by atoms with van der Waals surface area (Å²) >= 11 is 0. The molecule has 0 aliphatic heterocycles. The van der Waals surface area contributed by atoms with Crippen LogP contribution in [-0.2, 0) is 0 Å². The van der Waals surface area contributed by atoms with Crippen LogP contribution in [0.15, 0.2) is 67.0 Å². The van der Waals surface area contributed by atoms with Gasteiger partial charge in [-0.15, -0.1) is 5.10 Å². The normalized spacial score (nSPS) is 10.7. The monoisotopic (exact) mass is 318 g/mol. The molecular formula is C18H14N4O2. The van der Waals surface area contributed by atoms with Crippen molar-refractivity contribution in [2.75, 3.05) is 7.11 Å². The highest BCUT2D eigenvalue weighted by molar-refractivity contribution is 5.69. The molecule has 3 heterocycles.